The molecule has 0 saturated carbocycles. The van der Waals surface area contributed by atoms with E-state index in [-0.39, 0.29) is 6.54 Å². The Bertz CT molecular complexity index is 359. The van der Waals surface area contributed by atoms with Crippen LogP contribution in [0.25, 0.3) is 0 Å². The molecule has 0 radical (unpaired) electrons. The molecule has 1 rings (SSSR count). The molecule has 0 spiro atoms. The van der Waals surface area contributed by atoms with Crippen LogP contribution in [-0.2, 0) is 4.79 Å². The monoisotopic (exact) mass is 269 g/mol. The minimum atomic E-state index is -0.871. The summed E-state index contributed by atoms with van der Waals surface area (Å²) in [7, 11) is 0. The molecule has 18 heavy (non-hydrogen) atoms. The smallest absolute Gasteiger partial charge is 0.320 e. The van der Waals surface area contributed by atoms with Crippen LogP contribution in [0.3, 0.4) is 0 Å². The number of benzene rings is 1. The molecule has 2 atom stereocenters. The van der Waals surface area contributed by atoms with E-state index in [1.165, 1.54) is 0 Å². The molecular formula is C13H19NO3S. The summed E-state index contributed by atoms with van der Waals surface area (Å²) in [5.74, 6) is -0.0879. The molecule has 3 N–H and O–H groups in total. The van der Waals surface area contributed by atoms with Crippen LogP contribution in [0, 0.1) is 0 Å². The number of aliphatic hydroxyl groups excluding tert-OH is 1. The van der Waals surface area contributed by atoms with E-state index in [9.17, 15) is 9.90 Å². The molecular weight excluding hydrogens is 250 g/mol. The van der Waals surface area contributed by atoms with Gasteiger partial charge in [0.2, 0.25) is 0 Å². The van der Waals surface area contributed by atoms with Crippen molar-refractivity contribution in [2.24, 2.45) is 0 Å². The summed E-state index contributed by atoms with van der Waals surface area (Å²) in [4.78, 5) is 11.0. The fourth-order valence-corrected chi connectivity index (χ4v) is 2.07. The van der Waals surface area contributed by atoms with Crippen molar-refractivity contribution in [3.05, 3.63) is 35.9 Å². The first-order chi connectivity index (χ1) is 8.65. The predicted molar refractivity (Wildman–Crippen MR) is 73.8 cm³/mol. The van der Waals surface area contributed by atoms with Gasteiger partial charge < -0.3 is 15.5 Å². The van der Waals surface area contributed by atoms with Gasteiger partial charge in [-0.05, 0) is 24.0 Å². The van der Waals surface area contributed by atoms with Crippen LogP contribution in [-0.4, -0.2) is 40.8 Å². The molecule has 0 aliphatic heterocycles. The van der Waals surface area contributed by atoms with Gasteiger partial charge in [0, 0.05) is 6.54 Å². The topological polar surface area (TPSA) is 69.6 Å². The van der Waals surface area contributed by atoms with Crippen LogP contribution in [0.2, 0.25) is 0 Å². The van der Waals surface area contributed by atoms with E-state index in [0.717, 1.165) is 11.3 Å². The summed E-state index contributed by atoms with van der Waals surface area (Å²) in [6.45, 7) is 0.245. The maximum atomic E-state index is 11.0. The van der Waals surface area contributed by atoms with Gasteiger partial charge in [-0.1, -0.05) is 30.3 Å². The second-order valence-corrected chi connectivity index (χ2v) is 4.99. The van der Waals surface area contributed by atoms with Gasteiger partial charge in [0.25, 0.3) is 0 Å². The highest BCUT2D eigenvalue weighted by Crippen LogP contribution is 2.11. The summed E-state index contributed by atoms with van der Waals surface area (Å²) in [6.07, 6.45) is 1.82. The van der Waals surface area contributed by atoms with E-state index in [2.05, 4.69) is 5.32 Å². The molecule has 0 aliphatic carbocycles. The molecule has 0 aliphatic rings. The molecule has 1 aromatic carbocycles. The molecule has 1 aromatic rings. The zero-order valence-corrected chi connectivity index (χ0v) is 11.2. The normalized spacial score (nSPS) is 14.1. The standard InChI is InChI=1S/C13H19NO3S/c1-18-8-7-11(13(16)17)14-9-12(15)10-5-3-2-4-6-10/h2-6,11-12,14-15H,7-9H2,1H3,(H,16,17). The summed E-state index contributed by atoms with van der Waals surface area (Å²) in [6, 6.07) is 8.62. The van der Waals surface area contributed by atoms with Crippen LogP contribution in [0.15, 0.2) is 30.3 Å². The van der Waals surface area contributed by atoms with E-state index >= 15 is 0 Å². The van der Waals surface area contributed by atoms with Gasteiger partial charge in [-0.3, -0.25) is 4.79 Å². The van der Waals surface area contributed by atoms with Crippen molar-refractivity contribution in [3.63, 3.8) is 0 Å². The van der Waals surface area contributed by atoms with Crippen LogP contribution in [0.1, 0.15) is 18.1 Å². The predicted octanol–water partition coefficient (Wildman–Crippen LogP) is 1.52. The molecule has 0 bridgehead atoms. The maximum Gasteiger partial charge on any atom is 0.320 e. The first-order valence-electron chi connectivity index (χ1n) is 5.83. The van der Waals surface area contributed by atoms with Crippen LogP contribution >= 0.6 is 11.8 Å². The minimum Gasteiger partial charge on any atom is -0.480 e. The second kappa shape index (κ2) is 8.13. The largest absolute Gasteiger partial charge is 0.480 e. The van der Waals surface area contributed by atoms with Crippen molar-refractivity contribution in [1.29, 1.82) is 0 Å². The third-order valence-corrected chi connectivity index (χ3v) is 3.29. The molecule has 2 unspecified atom stereocenters. The molecule has 0 fully saturated rings. The SMILES string of the molecule is CSCCC(NCC(O)c1ccccc1)C(=O)O. The fraction of sp³-hybridized carbons (Fsp3) is 0.462. The van der Waals surface area contributed by atoms with Crippen molar-refractivity contribution in [1.82, 2.24) is 5.32 Å². The number of carboxylic acids is 1. The Kier molecular flexibility index (Phi) is 6.78. The zero-order chi connectivity index (χ0) is 13.4. The van der Waals surface area contributed by atoms with Crippen LogP contribution in [0.5, 0.6) is 0 Å². The number of thioether (sulfide) groups is 1. The van der Waals surface area contributed by atoms with Crippen molar-refractivity contribution in [2.75, 3.05) is 18.6 Å². The number of nitrogens with one attached hydrogen (secondary N) is 1. The lowest BCUT2D eigenvalue weighted by molar-refractivity contribution is -0.139. The number of carboxylic acid groups (broad SMARTS) is 1. The summed E-state index contributed by atoms with van der Waals surface area (Å²) in [5.41, 5.74) is 0.791. The molecule has 0 aromatic heterocycles. The third kappa shape index (κ3) is 5.08. The molecule has 100 valence electrons. The first kappa shape index (κ1) is 15.0. The van der Waals surface area contributed by atoms with Crippen LogP contribution in [0.4, 0.5) is 0 Å². The zero-order valence-electron chi connectivity index (χ0n) is 10.4. The fourth-order valence-electron chi connectivity index (χ4n) is 1.60. The lowest BCUT2D eigenvalue weighted by Gasteiger charge is -2.17. The first-order valence-corrected chi connectivity index (χ1v) is 7.22. The number of aliphatic carboxylic acids is 1. The molecule has 5 heteroatoms. The van der Waals surface area contributed by atoms with Gasteiger partial charge in [0.05, 0.1) is 6.10 Å². The molecule has 4 nitrogen and oxygen atoms in total. The second-order valence-electron chi connectivity index (χ2n) is 4.01. The lowest BCUT2D eigenvalue weighted by Crippen LogP contribution is -2.39. The average molecular weight is 269 g/mol. The number of hydrogen-bond donors (Lipinski definition) is 3. The Hall–Kier alpha value is -1.04. The third-order valence-electron chi connectivity index (χ3n) is 2.65. The van der Waals surface area contributed by atoms with Gasteiger partial charge in [-0.2, -0.15) is 11.8 Å². The Morgan fingerprint density at radius 3 is 2.61 bits per heavy atom. The van der Waals surface area contributed by atoms with Gasteiger partial charge >= 0.3 is 5.97 Å². The van der Waals surface area contributed by atoms with E-state index in [1.54, 1.807) is 11.8 Å². The van der Waals surface area contributed by atoms with Gasteiger partial charge in [-0.25, -0.2) is 0 Å². The number of aliphatic hydroxyl groups is 1. The van der Waals surface area contributed by atoms with E-state index < -0.39 is 18.1 Å². The number of hydrogen-bond acceptors (Lipinski definition) is 4. The highest BCUT2D eigenvalue weighted by molar-refractivity contribution is 7.98. The Labute approximate surface area is 111 Å². The maximum absolute atomic E-state index is 11.0. The van der Waals surface area contributed by atoms with Crippen LogP contribution < -0.4 is 5.32 Å². The Balaban J connectivity index is 2.44. The van der Waals surface area contributed by atoms with Gasteiger partial charge in [0.15, 0.2) is 0 Å². The van der Waals surface area contributed by atoms with E-state index in [1.807, 2.05) is 36.6 Å². The summed E-state index contributed by atoms with van der Waals surface area (Å²) >= 11 is 1.61. The minimum absolute atomic E-state index is 0.245. The summed E-state index contributed by atoms with van der Waals surface area (Å²) < 4.78 is 0. The van der Waals surface area contributed by atoms with E-state index in [0.29, 0.717) is 6.42 Å². The average Bonchev–Trinajstić information content (AvgIpc) is 2.39. The van der Waals surface area contributed by atoms with Crippen molar-refractivity contribution in [3.8, 4) is 0 Å². The Morgan fingerprint density at radius 2 is 2.06 bits per heavy atom. The van der Waals surface area contributed by atoms with Gasteiger partial charge in [-0.15, -0.1) is 0 Å². The van der Waals surface area contributed by atoms with E-state index in [4.69, 9.17) is 5.11 Å². The summed E-state index contributed by atoms with van der Waals surface area (Å²) in [5, 5.41) is 21.8. The highest BCUT2D eigenvalue weighted by atomic mass is 32.2. The number of carbonyl (C=O) groups is 1. The van der Waals surface area contributed by atoms with Crippen molar-refractivity contribution >= 4 is 17.7 Å². The lowest BCUT2D eigenvalue weighted by atomic mass is 10.1. The molecule has 0 heterocycles. The Morgan fingerprint density at radius 1 is 1.39 bits per heavy atom. The van der Waals surface area contributed by atoms with Crippen molar-refractivity contribution < 1.29 is 15.0 Å². The van der Waals surface area contributed by atoms with Gasteiger partial charge in [0.1, 0.15) is 6.04 Å². The molecule has 0 amide bonds. The number of rotatable bonds is 8. The highest BCUT2D eigenvalue weighted by Gasteiger charge is 2.17. The van der Waals surface area contributed by atoms with Crippen molar-refractivity contribution in [2.45, 2.75) is 18.6 Å². The quantitative estimate of drug-likeness (QED) is 0.667. The molecule has 0 saturated heterocycles.